The molecule has 5 heteroatoms. The average molecular weight is 180 g/mol. The fraction of sp³-hybridized carbons (Fsp3) is 0.800. The summed E-state index contributed by atoms with van der Waals surface area (Å²) >= 11 is 3.69. The van der Waals surface area contributed by atoms with E-state index in [2.05, 4.69) is 11.7 Å². The van der Waals surface area contributed by atoms with Crippen molar-refractivity contribution < 1.29 is 14.3 Å². The Hall–Kier alpha value is 0.130. The highest BCUT2D eigenvalue weighted by Gasteiger charge is 2.19. The second-order valence-corrected chi connectivity index (χ2v) is 3.01. The van der Waals surface area contributed by atoms with Crippen LogP contribution in [-0.2, 0) is 9.47 Å². The molecule has 0 aromatic rings. The van der Waals surface area contributed by atoms with Gasteiger partial charge >= 0.3 is 5.30 Å². The summed E-state index contributed by atoms with van der Waals surface area (Å²) in [5.74, 6) is 0. The Bertz CT molecular complexity index is 122. The lowest BCUT2D eigenvalue weighted by Crippen LogP contribution is -2.13. The van der Waals surface area contributed by atoms with E-state index in [4.69, 9.17) is 9.47 Å². The molecule has 1 atom stereocenters. The first-order chi connectivity index (χ1) is 4.83. The molecule has 0 saturated carbocycles. The number of hydrogen-bond acceptors (Lipinski definition) is 5. The molecule has 0 unspecified atom stereocenters. The van der Waals surface area contributed by atoms with Gasteiger partial charge in [-0.1, -0.05) is 11.7 Å². The molecule has 58 valence electrons. The van der Waals surface area contributed by atoms with E-state index in [1.54, 1.807) is 0 Å². The van der Waals surface area contributed by atoms with E-state index in [1.165, 1.54) is 0 Å². The first-order valence-electron chi connectivity index (χ1n) is 2.92. The summed E-state index contributed by atoms with van der Waals surface area (Å²) in [6.07, 6.45) is 0.757. The van der Waals surface area contributed by atoms with Crippen LogP contribution in [0.15, 0.2) is 0 Å². The lowest BCUT2D eigenvalue weighted by atomic mass is 10.3. The van der Waals surface area contributed by atoms with Crippen LogP contribution < -0.4 is 0 Å². The quantitative estimate of drug-likeness (QED) is 0.377. The second-order valence-electron chi connectivity index (χ2n) is 1.94. The lowest BCUT2D eigenvalue weighted by molar-refractivity contribution is 0.102. The maximum atomic E-state index is 10.6. The van der Waals surface area contributed by atoms with Crippen LogP contribution in [0.3, 0.4) is 0 Å². The maximum absolute atomic E-state index is 10.6. The van der Waals surface area contributed by atoms with Crippen molar-refractivity contribution in [2.45, 2.75) is 12.5 Å². The van der Waals surface area contributed by atoms with Crippen LogP contribution >= 0.6 is 22.5 Å². The smallest absolute Gasteiger partial charge is 0.378 e. The third-order valence-electron chi connectivity index (χ3n) is 1.23. The molecule has 0 aliphatic carbocycles. The zero-order valence-electron chi connectivity index (χ0n) is 5.28. The molecule has 0 spiro atoms. The van der Waals surface area contributed by atoms with Gasteiger partial charge in [0, 0.05) is 17.2 Å². The van der Waals surface area contributed by atoms with E-state index < -0.39 is 0 Å². The molecule has 0 aromatic heterocycles. The number of thiol groups is 1. The normalized spacial score (nSPS) is 24.7. The SMILES string of the molecule is O=C(O[C@H]1CCOC1)SS. The Morgan fingerprint density at radius 2 is 2.60 bits per heavy atom. The molecule has 1 rings (SSSR count). The summed E-state index contributed by atoms with van der Waals surface area (Å²) in [5.41, 5.74) is 0. The summed E-state index contributed by atoms with van der Waals surface area (Å²) in [6, 6.07) is 0. The first-order valence-corrected chi connectivity index (χ1v) is 4.79. The van der Waals surface area contributed by atoms with E-state index in [-0.39, 0.29) is 11.4 Å². The summed E-state index contributed by atoms with van der Waals surface area (Å²) in [4.78, 5) is 10.6. The summed E-state index contributed by atoms with van der Waals surface area (Å²) in [7, 11) is 0.789. The molecule has 1 saturated heterocycles. The highest BCUT2D eigenvalue weighted by molar-refractivity contribution is 8.74. The van der Waals surface area contributed by atoms with Gasteiger partial charge in [-0.05, 0) is 0 Å². The summed E-state index contributed by atoms with van der Waals surface area (Å²) < 4.78 is 9.87. The van der Waals surface area contributed by atoms with Crippen molar-refractivity contribution in [1.29, 1.82) is 0 Å². The van der Waals surface area contributed by atoms with Gasteiger partial charge in [-0.3, -0.25) is 0 Å². The molecule has 0 radical (unpaired) electrons. The molecular formula is C5H8O3S2. The number of rotatable bonds is 1. The number of carbonyl (C=O) groups excluding carboxylic acids is 1. The predicted octanol–water partition coefficient (Wildman–Crippen LogP) is 1.49. The van der Waals surface area contributed by atoms with Gasteiger partial charge in [0.15, 0.2) is 0 Å². The topological polar surface area (TPSA) is 35.5 Å². The largest absolute Gasteiger partial charge is 0.451 e. The van der Waals surface area contributed by atoms with Crippen molar-refractivity contribution in [1.82, 2.24) is 0 Å². The second kappa shape index (κ2) is 4.10. The van der Waals surface area contributed by atoms with Crippen molar-refractivity contribution in [3.8, 4) is 0 Å². The Morgan fingerprint density at radius 3 is 3.10 bits per heavy atom. The Morgan fingerprint density at radius 1 is 1.80 bits per heavy atom. The van der Waals surface area contributed by atoms with Crippen molar-refractivity contribution >= 4 is 27.8 Å². The minimum Gasteiger partial charge on any atom is -0.451 e. The highest BCUT2D eigenvalue weighted by Crippen LogP contribution is 2.15. The van der Waals surface area contributed by atoms with Gasteiger partial charge in [0.05, 0.1) is 13.2 Å². The lowest BCUT2D eigenvalue weighted by Gasteiger charge is -2.06. The third-order valence-corrected chi connectivity index (χ3v) is 1.92. The molecule has 0 N–H and O–H groups in total. The predicted molar refractivity (Wildman–Crippen MR) is 42.3 cm³/mol. The molecule has 3 nitrogen and oxygen atoms in total. The van der Waals surface area contributed by atoms with Crippen molar-refractivity contribution in [3.63, 3.8) is 0 Å². The summed E-state index contributed by atoms with van der Waals surface area (Å²) in [6.45, 7) is 1.22. The van der Waals surface area contributed by atoms with Crippen molar-refractivity contribution in [2.75, 3.05) is 13.2 Å². The van der Waals surface area contributed by atoms with Gasteiger partial charge < -0.3 is 9.47 Å². The number of carbonyl (C=O) groups is 1. The van der Waals surface area contributed by atoms with Crippen LogP contribution in [0.2, 0.25) is 0 Å². The molecule has 1 aliphatic rings. The Balaban J connectivity index is 2.17. The van der Waals surface area contributed by atoms with Gasteiger partial charge in [0.2, 0.25) is 0 Å². The standard InChI is InChI=1S/C5H8O3S2/c6-5(10-9)8-4-1-2-7-3-4/h4,9H,1-3H2/t4-/m0/s1. The average Bonchev–Trinajstić information content (AvgIpc) is 2.40. The molecule has 0 aromatic carbocycles. The Labute approximate surface area is 68.3 Å². The molecular weight excluding hydrogens is 172 g/mol. The number of hydrogen-bond donors (Lipinski definition) is 1. The minimum atomic E-state index is -0.348. The van der Waals surface area contributed by atoms with Crippen LogP contribution in [0.5, 0.6) is 0 Å². The van der Waals surface area contributed by atoms with Gasteiger partial charge in [-0.15, -0.1) is 0 Å². The van der Waals surface area contributed by atoms with Crippen LogP contribution in [0.1, 0.15) is 6.42 Å². The van der Waals surface area contributed by atoms with E-state index >= 15 is 0 Å². The molecule has 0 amide bonds. The first kappa shape index (κ1) is 8.23. The van der Waals surface area contributed by atoms with Gasteiger partial charge in [0.1, 0.15) is 6.10 Å². The molecule has 10 heavy (non-hydrogen) atoms. The molecule has 1 fully saturated rings. The third kappa shape index (κ3) is 2.40. The van der Waals surface area contributed by atoms with E-state index in [0.29, 0.717) is 13.2 Å². The van der Waals surface area contributed by atoms with Crippen LogP contribution in [0.4, 0.5) is 4.79 Å². The van der Waals surface area contributed by atoms with Crippen molar-refractivity contribution in [3.05, 3.63) is 0 Å². The van der Waals surface area contributed by atoms with Crippen LogP contribution in [0, 0.1) is 0 Å². The molecule has 1 heterocycles. The minimum absolute atomic E-state index is 0.0489. The van der Waals surface area contributed by atoms with Gasteiger partial charge in [-0.25, -0.2) is 4.79 Å². The molecule has 1 aliphatic heterocycles. The van der Waals surface area contributed by atoms with E-state index in [1.807, 2.05) is 0 Å². The zero-order chi connectivity index (χ0) is 7.40. The van der Waals surface area contributed by atoms with E-state index in [0.717, 1.165) is 17.2 Å². The summed E-state index contributed by atoms with van der Waals surface area (Å²) in [5, 5.41) is -0.348. The monoisotopic (exact) mass is 180 g/mol. The zero-order valence-corrected chi connectivity index (χ0v) is 6.99. The van der Waals surface area contributed by atoms with E-state index in [9.17, 15) is 4.79 Å². The Kier molecular flexibility index (Phi) is 3.37. The van der Waals surface area contributed by atoms with Gasteiger partial charge in [-0.2, -0.15) is 0 Å². The molecule has 0 bridgehead atoms. The fourth-order valence-electron chi connectivity index (χ4n) is 0.763. The highest BCUT2D eigenvalue weighted by atomic mass is 33.1. The van der Waals surface area contributed by atoms with Crippen LogP contribution in [0.25, 0.3) is 0 Å². The van der Waals surface area contributed by atoms with Gasteiger partial charge in [0.25, 0.3) is 0 Å². The number of ether oxygens (including phenoxy) is 2. The van der Waals surface area contributed by atoms with Crippen molar-refractivity contribution in [2.24, 2.45) is 0 Å². The fourth-order valence-corrected chi connectivity index (χ4v) is 1.07. The van der Waals surface area contributed by atoms with Crippen LogP contribution in [-0.4, -0.2) is 24.6 Å². The maximum Gasteiger partial charge on any atom is 0.378 e.